The molecule has 0 atom stereocenters. The summed E-state index contributed by atoms with van der Waals surface area (Å²) in [6.07, 6.45) is 0. The Bertz CT molecular complexity index is 10.8. The third-order valence-electron chi connectivity index (χ3n) is 0. The molecule has 0 aromatic carbocycles. The Balaban J connectivity index is 0. The molecule has 0 unspecified atom stereocenters. The topological polar surface area (TPSA) is 0 Å². The minimum Gasteiger partial charge on any atom is -1.00 e. The molecular weight excluding hydrogens is 512 g/mol. The molecule has 0 aromatic rings. The first-order chi connectivity index (χ1) is 0. The van der Waals surface area contributed by atoms with Crippen LogP contribution in [0.15, 0.2) is 0 Å². The molecular formula is H4Br3CsLa. The molecule has 29 valence electrons. The van der Waals surface area contributed by atoms with Gasteiger partial charge in [0.25, 0.3) is 0 Å². The van der Waals surface area contributed by atoms with Gasteiger partial charge in [0.05, 0.1) is 0 Å². The van der Waals surface area contributed by atoms with Crippen LogP contribution in [0, 0.1) is 35.6 Å². The smallest absolute Gasteiger partial charge is 1.00 e. The van der Waals surface area contributed by atoms with Gasteiger partial charge in [-0.2, -0.15) is 0 Å². The van der Waals surface area contributed by atoms with Crippen molar-refractivity contribution in [3.63, 3.8) is 0 Å². The second-order valence-electron chi connectivity index (χ2n) is 0. The average molecular weight is 516 g/mol. The van der Waals surface area contributed by atoms with E-state index in [1.807, 2.05) is 0 Å². The summed E-state index contributed by atoms with van der Waals surface area (Å²) in [5.41, 5.74) is 0. The third kappa shape index (κ3) is 17.7. The fourth-order valence-electron chi connectivity index (χ4n) is 0. The van der Waals surface area contributed by atoms with Crippen molar-refractivity contribution < 1.29 is 106 Å². The van der Waals surface area contributed by atoms with Gasteiger partial charge in [0.2, 0.25) is 0 Å². The Kier molecular flexibility index (Phi) is 156. The summed E-state index contributed by atoms with van der Waals surface area (Å²) < 4.78 is 0. The van der Waals surface area contributed by atoms with Crippen LogP contribution in [-0.4, -0.2) is 0 Å². The first-order valence-corrected chi connectivity index (χ1v) is 0. The predicted octanol–water partition coefficient (Wildman–Crippen LogP) is -1.15. The maximum Gasteiger partial charge on any atom is 1.00 e. The average Bonchev–Trinajstić information content (AvgIpc) is 0. The summed E-state index contributed by atoms with van der Waals surface area (Å²) >= 11 is 0. The molecule has 0 aliphatic carbocycles. The quantitative estimate of drug-likeness (QED) is 0.383. The number of rotatable bonds is 0. The van der Waals surface area contributed by atoms with Crippen LogP contribution in [0.5, 0.6) is 0 Å². The zero-order valence-corrected chi connectivity index (χ0v) is 17.8. The maximum atomic E-state index is 0. The van der Waals surface area contributed by atoms with Crippen LogP contribution >= 0.6 is 50.9 Å². The van der Waals surface area contributed by atoms with Gasteiger partial charge in [-0.3, -0.25) is 0 Å². The molecule has 0 amide bonds. The second kappa shape index (κ2) is 23.4. The molecule has 0 fully saturated rings. The summed E-state index contributed by atoms with van der Waals surface area (Å²) in [7, 11) is 0. The van der Waals surface area contributed by atoms with E-state index in [1.54, 1.807) is 0 Å². The number of halogens is 3. The Hall–Kier alpha value is 4.69. The molecule has 0 heterocycles. The fourth-order valence-corrected chi connectivity index (χ4v) is 0. The molecule has 0 aliphatic heterocycles. The van der Waals surface area contributed by atoms with Crippen molar-refractivity contribution in [1.82, 2.24) is 0 Å². The van der Waals surface area contributed by atoms with Crippen molar-refractivity contribution in [2.75, 3.05) is 0 Å². The van der Waals surface area contributed by atoms with Crippen LogP contribution in [0.2, 0.25) is 0 Å². The summed E-state index contributed by atoms with van der Waals surface area (Å²) in [5, 5.41) is 0. The van der Waals surface area contributed by atoms with E-state index in [-0.39, 0.29) is 157 Å². The first-order valence-electron chi connectivity index (χ1n) is 0. The monoisotopic (exact) mass is 513 g/mol. The van der Waals surface area contributed by atoms with Gasteiger partial charge in [-0.15, -0.1) is 50.9 Å². The Morgan fingerprint density at radius 1 is 0.800 bits per heavy atom. The van der Waals surface area contributed by atoms with Crippen LogP contribution in [0.4, 0.5) is 0 Å². The normalized spacial score (nSPS) is 0. The van der Waals surface area contributed by atoms with Gasteiger partial charge in [0.15, 0.2) is 0 Å². The third-order valence-corrected chi connectivity index (χ3v) is 0. The van der Waals surface area contributed by atoms with Crippen LogP contribution < -0.4 is 68.9 Å². The van der Waals surface area contributed by atoms with E-state index in [1.165, 1.54) is 0 Å². The van der Waals surface area contributed by atoms with Gasteiger partial charge < -0.3 is 1.43 Å². The molecule has 0 aromatic heterocycles. The van der Waals surface area contributed by atoms with E-state index >= 15 is 0 Å². The van der Waals surface area contributed by atoms with Gasteiger partial charge in [-0.25, -0.2) is 0 Å². The zero-order valence-electron chi connectivity index (χ0n) is 3.80. The summed E-state index contributed by atoms with van der Waals surface area (Å²) in [6, 6.07) is 0. The van der Waals surface area contributed by atoms with E-state index in [9.17, 15) is 0 Å². The Morgan fingerprint density at radius 2 is 0.800 bits per heavy atom. The maximum absolute atomic E-state index is 0. The number of hydrogen-bond acceptors (Lipinski definition) is 0. The summed E-state index contributed by atoms with van der Waals surface area (Å²) in [6.45, 7) is 0. The zero-order chi connectivity index (χ0) is 0. The standard InChI is InChI=1S/3BrH.Cs.La.H/h3*1H;;;/q;;;+1;;-1. The molecule has 0 saturated heterocycles. The van der Waals surface area contributed by atoms with Crippen LogP contribution in [-0.2, 0) is 0 Å². The fraction of sp³-hybridized carbons (Fsp3) is 0. The van der Waals surface area contributed by atoms with Gasteiger partial charge in [-0.05, 0) is 0 Å². The summed E-state index contributed by atoms with van der Waals surface area (Å²) in [5.74, 6) is 0. The van der Waals surface area contributed by atoms with Crippen LogP contribution in [0.25, 0.3) is 0 Å². The van der Waals surface area contributed by atoms with E-state index in [2.05, 4.69) is 0 Å². The van der Waals surface area contributed by atoms with Crippen molar-refractivity contribution in [2.24, 2.45) is 0 Å². The van der Waals surface area contributed by atoms with Gasteiger partial charge in [0, 0.05) is 35.6 Å². The molecule has 0 nitrogen and oxygen atoms in total. The molecule has 0 spiro atoms. The van der Waals surface area contributed by atoms with Crippen molar-refractivity contribution in [3.05, 3.63) is 0 Å². The van der Waals surface area contributed by atoms with E-state index in [0.717, 1.165) is 0 Å². The summed E-state index contributed by atoms with van der Waals surface area (Å²) in [4.78, 5) is 0. The van der Waals surface area contributed by atoms with Crippen molar-refractivity contribution in [1.29, 1.82) is 0 Å². The second-order valence-corrected chi connectivity index (χ2v) is 0. The van der Waals surface area contributed by atoms with Crippen molar-refractivity contribution >= 4 is 50.9 Å². The SMILES string of the molecule is Br.Br.Br.[Cs+].[H-].[La]. The first kappa shape index (κ1) is 33.3. The van der Waals surface area contributed by atoms with Gasteiger partial charge in [-0.1, -0.05) is 0 Å². The van der Waals surface area contributed by atoms with E-state index < -0.39 is 0 Å². The largest absolute Gasteiger partial charge is 1.00 e. The molecule has 5 heteroatoms. The Labute approximate surface area is 152 Å². The molecule has 1 radical (unpaired) electrons. The minimum absolute atomic E-state index is 0. The Morgan fingerprint density at radius 3 is 0.800 bits per heavy atom. The minimum atomic E-state index is 0. The van der Waals surface area contributed by atoms with Crippen LogP contribution in [0.3, 0.4) is 0 Å². The molecule has 0 bridgehead atoms. The van der Waals surface area contributed by atoms with Gasteiger partial charge in [0.1, 0.15) is 0 Å². The predicted molar refractivity (Wildman–Crippen MR) is 32.1 cm³/mol. The van der Waals surface area contributed by atoms with Gasteiger partial charge >= 0.3 is 68.9 Å². The molecule has 0 N–H and O–H groups in total. The van der Waals surface area contributed by atoms with Crippen LogP contribution in [0.1, 0.15) is 1.43 Å². The molecule has 0 rings (SSSR count). The van der Waals surface area contributed by atoms with Crippen molar-refractivity contribution in [2.45, 2.75) is 0 Å². The molecule has 5 heavy (non-hydrogen) atoms. The van der Waals surface area contributed by atoms with E-state index in [0.29, 0.717) is 0 Å². The number of hydrogen-bond donors (Lipinski definition) is 0. The molecule has 0 saturated carbocycles. The van der Waals surface area contributed by atoms with E-state index in [4.69, 9.17) is 0 Å². The van der Waals surface area contributed by atoms with Crippen molar-refractivity contribution in [3.8, 4) is 0 Å². The molecule has 0 aliphatic rings.